The first kappa shape index (κ1) is 14.3. The van der Waals surface area contributed by atoms with Crippen molar-refractivity contribution in [3.05, 3.63) is 35.9 Å². The van der Waals surface area contributed by atoms with Gasteiger partial charge in [0, 0.05) is 0 Å². The molecule has 1 aromatic carbocycles. The molecule has 98 valence electrons. The van der Waals surface area contributed by atoms with Crippen LogP contribution in [0.1, 0.15) is 26.3 Å². The van der Waals surface area contributed by atoms with Crippen LogP contribution in [-0.4, -0.2) is 19.7 Å². The molecule has 0 aliphatic carbocycles. The van der Waals surface area contributed by atoms with Crippen LogP contribution in [0.2, 0.25) is 0 Å². The SMILES string of the molecule is C/C=C(\c1cccc(OC)c1)C(C)C(=O)OCC. The highest BCUT2D eigenvalue weighted by Crippen LogP contribution is 2.27. The molecule has 3 nitrogen and oxygen atoms in total. The normalized spacial score (nSPS) is 13.0. The molecule has 0 saturated carbocycles. The monoisotopic (exact) mass is 248 g/mol. The summed E-state index contributed by atoms with van der Waals surface area (Å²) in [5.41, 5.74) is 1.93. The number of ether oxygens (including phenoxy) is 2. The van der Waals surface area contributed by atoms with Crippen LogP contribution >= 0.6 is 0 Å². The topological polar surface area (TPSA) is 35.5 Å². The zero-order chi connectivity index (χ0) is 13.5. The standard InChI is InChI=1S/C15H20O3/c1-5-14(11(3)15(16)18-6-2)12-8-7-9-13(10-12)17-4/h5,7-11H,6H2,1-4H3/b14-5-. The largest absolute Gasteiger partial charge is 0.497 e. The minimum Gasteiger partial charge on any atom is -0.497 e. The maximum absolute atomic E-state index is 11.8. The molecule has 0 aliphatic rings. The lowest BCUT2D eigenvalue weighted by molar-refractivity contribution is -0.145. The maximum Gasteiger partial charge on any atom is 0.313 e. The first-order chi connectivity index (χ1) is 8.63. The highest BCUT2D eigenvalue weighted by Gasteiger charge is 2.19. The Balaban J connectivity index is 2.99. The van der Waals surface area contributed by atoms with E-state index in [0.29, 0.717) is 6.61 Å². The van der Waals surface area contributed by atoms with Gasteiger partial charge in [-0.1, -0.05) is 18.2 Å². The van der Waals surface area contributed by atoms with Crippen LogP contribution in [-0.2, 0) is 9.53 Å². The molecule has 1 unspecified atom stereocenters. The molecule has 0 amide bonds. The molecule has 0 N–H and O–H groups in total. The Labute approximate surface area is 108 Å². The maximum atomic E-state index is 11.8. The summed E-state index contributed by atoms with van der Waals surface area (Å²) in [6.07, 6.45) is 1.94. The van der Waals surface area contributed by atoms with Gasteiger partial charge in [0.1, 0.15) is 5.75 Å². The van der Waals surface area contributed by atoms with Gasteiger partial charge in [0.2, 0.25) is 0 Å². The van der Waals surface area contributed by atoms with Gasteiger partial charge in [-0.25, -0.2) is 0 Å². The van der Waals surface area contributed by atoms with E-state index in [1.54, 1.807) is 7.11 Å². The first-order valence-electron chi connectivity index (χ1n) is 6.11. The van der Waals surface area contributed by atoms with E-state index in [-0.39, 0.29) is 11.9 Å². The predicted octanol–water partition coefficient (Wildman–Crippen LogP) is 3.30. The Morgan fingerprint density at radius 1 is 1.44 bits per heavy atom. The van der Waals surface area contributed by atoms with Crippen molar-refractivity contribution in [2.24, 2.45) is 5.92 Å². The molecule has 0 fully saturated rings. The minimum atomic E-state index is -0.276. The van der Waals surface area contributed by atoms with Crippen molar-refractivity contribution in [1.29, 1.82) is 0 Å². The molecule has 0 heterocycles. The van der Waals surface area contributed by atoms with E-state index >= 15 is 0 Å². The Hall–Kier alpha value is -1.77. The van der Waals surface area contributed by atoms with Crippen LogP contribution in [0.25, 0.3) is 5.57 Å². The number of methoxy groups -OCH3 is 1. The van der Waals surface area contributed by atoms with Crippen LogP contribution in [0.5, 0.6) is 5.75 Å². The lowest BCUT2D eigenvalue weighted by Gasteiger charge is -2.15. The van der Waals surface area contributed by atoms with Crippen LogP contribution in [0, 0.1) is 5.92 Å². The van der Waals surface area contributed by atoms with Crippen LogP contribution < -0.4 is 4.74 Å². The van der Waals surface area contributed by atoms with Crippen molar-refractivity contribution in [1.82, 2.24) is 0 Å². The fourth-order valence-electron chi connectivity index (χ4n) is 1.86. The summed E-state index contributed by atoms with van der Waals surface area (Å²) in [5.74, 6) is 0.304. The Morgan fingerprint density at radius 3 is 2.72 bits per heavy atom. The number of hydrogen-bond donors (Lipinski definition) is 0. The number of esters is 1. The van der Waals surface area contributed by atoms with Crippen molar-refractivity contribution in [3.63, 3.8) is 0 Å². The van der Waals surface area contributed by atoms with E-state index in [4.69, 9.17) is 9.47 Å². The molecule has 18 heavy (non-hydrogen) atoms. The number of carbonyl (C=O) groups is 1. The molecule has 3 heteroatoms. The minimum absolute atomic E-state index is 0.201. The molecule has 1 rings (SSSR count). The Morgan fingerprint density at radius 2 is 2.17 bits per heavy atom. The first-order valence-corrected chi connectivity index (χ1v) is 6.11. The number of allylic oxidation sites excluding steroid dienone is 1. The van der Waals surface area contributed by atoms with Crippen molar-refractivity contribution in [2.45, 2.75) is 20.8 Å². The highest BCUT2D eigenvalue weighted by atomic mass is 16.5. The third-order valence-electron chi connectivity index (χ3n) is 2.82. The molecular weight excluding hydrogens is 228 g/mol. The number of hydrogen-bond acceptors (Lipinski definition) is 3. The summed E-state index contributed by atoms with van der Waals surface area (Å²) in [5, 5.41) is 0. The van der Waals surface area contributed by atoms with Gasteiger partial charge in [0.15, 0.2) is 0 Å². The van der Waals surface area contributed by atoms with Gasteiger partial charge < -0.3 is 9.47 Å². The van der Waals surface area contributed by atoms with Crippen molar-refractivity contribution in [2.75, 3.05) is 13.7 Å². The summed E-state index contributed by atoms with van der Waals surface area (Å²) in [4.78, 5) is 11.8. The average Bonchev–Trinajstić information content (AvgIpc) is 2.40. The van der Waals surface area contributed by atoms with Gasteiger partial charge in [0.05, 0.1) is 19.6 Å². The van der Waals surface area contributed by atoms with E-state index in [9.17, 15) is 4.79 Å². The second-order valence-corrected chi connectivity index (χ2v) is 3.95. The molecule has 0 radical (unpaired) electrons. The zero-order valence-electron chi connectivity index (χ0n) is 11.4. The fraction of sp³-hybridized carbons (Fsp3) is 0.400. The molecule has 1 atom stereocenters. The second kappa shape index (κ2) is 6.84. The summed E-state index contributed by atoms with van der Waals surface area (Å²) in [7, 11) is 1.63. The van der Waals surface area contributed by atoms with Crippen LogP contribution in [0.3, 0.4) is 0 Å². The van der Waals surface area contributed by atoms with E-state index < -0.39 is 0 Å². The lowest BCUT2D eigenvalue weighted by atomic mass is 9.93. The molecular formula is C15H20O3. The second-order valence-electron chi connectivity index (χ2n) is 3.95. The van der Waals surface area contributed by atoms with E-state index in [2.05, 4.69) is 0 Å². The smallest absolute Gasteiger partial charge is 0.313 e. The molecule has 0 aromatic heterocycles. The molecule has 0 bridgehead atoms. The van der Waals surface area contributed by atoms with E-state index in [1.165, 1.54) is 0 Å². The van der Waals surface area contributed by atoms with Crippen molar-refractivity contribution in [3.8, 4) is 5.75 Å². The van der Waals surface area contributed by atoms with Crippen molar-refractivity contribution < 1.29 is 14.3 Å². The highest BCUT2D eigenvalue weighted by molar-refractivity contribution is 5.88. The summed E-state index contributed by atoms with van der Waals surface area (Å²) >= 11 is 0. The van der Waals surface area contributed by atoms with Gasteiger partial charge >= 0.3 is 5.97 Å². The Bertz CT molecular complexity index is 435. The van der Waals surface area contributed by atoms with Crippen molar-refractivity contribution >= 4 is 11.5 Å². The van der Waals surface area contributed by atoms with Gasteiger partial charge in [-0.15, -0.1) is 0 Å². The predicted molar refractivity (Wildman–Crippen MR) is 72.4 cm³/mol. The number of rotatable bonds is 5. The average molecular weight is 248 g/mol. The third-order valence-corrected chi connectivity index (χ3v) is 2.82. The van der Waals surface area contributed by atoms with Gasteiger partial charge in [-0.2, -0.15) is 0 Å². The summed E-state index contributed by atoms with van der Waals surface area (Å²) in [6, 6.07) is 7.68. The number of carbonyl (C=O) groups excluding carboxylic acids is 1. The van der Waals surface area contributed by atoms with Gasteiger partial charge in [-0.05, 0) is 44.0 Å². The lowest BCUT2D eigenvalue weighted by Crippen LogP contribution is -2.16. The molecule has 1 aromatic rings. The van der Waals surface area contributed by atoms with Crippen LogP contribution in [0.4, 0.5) is 0 Å². The third kappa shape index (κ3) is 3.36. The van der Waals surface area contributed by atoms with Gasteiger partial charge in [0.25, 0.3) is 0 Å². The van der Waals surface area contributed by atoms with Crippen LogP contribution in [0.15, 0.2) is 30.3 Å². The molecule has 0 aliphatic heterocycles. The summed E-state index contributed by atoms with van der Waals surface area (Å²) < 4.78 is 10.2. The summed E-state index contributed by atoms with van der Waals surface area (Å²) in [6.45, 7) is 5.99. The van der Waals surface area contributed by atoms with E-state index in [1.807, 2.05) is 51.1 Å². The Kier molecular flexibility index (Phi) is 5.43. The molecule has 0 saturated heterocycles. The molecule has 0 spiro atoms. The van der Waals surface area contributed by atoms with E-state index in [0.717, 1.165) is 16.9 Å². The fourth-order valence-corrected chi connectivity index (χ4v) is 1.86. The quantitative estimate of drug-likeness (QED) is 0.750. The zero-order valence-corrected chi connectivity index (χ0v) is 11.4. The van der Waals surface area contributed by atoms with Gasteiger partial charge in [-0.3, -0.25) is 4.79 Å². The number of benzene rings is 1.